The van der Waals surface area contributed by atoms with Crippen molar-refractivity contribution in [3.63, 3.8) is 0 Å². The zero-order valence-corrected chi connectivity index (χ0v) is 11.4. The fourth-order valence-corrected chi connectivity index (χ4v) is 2.12. The zero-order chi connectivity index (χ0) is 15.1. The molecule has 0 saturated heterocycles. The topological polar surface area (TPSA) is 136 Å². The molecule has 0 aliphatic carbocycles. The number of para-hydroxylation sites is 1. The molecule has 0 aliphatic rings. The Balaban J connectivity index is 2.51. The first-order valence-electron chi connectivity index (χ1n) is 5.66. The van der Waals surface area contributed by atoms with Crippen LogP contribution in [-0.2, 0) is 9.59 Å². The zero-order valence-electron chi connectivity index (χ0n) is 10.5. The number of hydrogen-bond acceptors (Lipinski definition) is 5. The molecule has 6 N–H and O–H groups in total. The molecule has 0 bridgehead atoms. The predicted molar refractivity (Wildman–Crippen MR) is 76.5 cm³/mol. The van der Waals surface area contributed by atoms with E-state index in [1.54, 1.807) is 18.2 Å². The number of primary amides is 1. The minimum atomic E-state index is -1.11. The van der Waals surface area contributed by atoms with Gasteiger partial charge < -0.3 is 21.9 Å². The molecule has 1 atom stereocenters. The average molecular weight is 297 g/mol. The number of nitrogens with two attached hydrogens (primary N) is 2. The minimum Gasteiger partial charge on any atom is -0.480 e. The van der Waals surface area contributed by atoms with Gasteiger partial charge in [-0.2, -0.15) is 0 Å². The molecular weight excluding hydrogens is 282 g/mol. The molecule has 108 valence electrons. The third-order valence-corrected chi connectivity index (χ3v) is 3.38. The largest absolute Gasteiger partial charge is 0.480 e. The van der Waals surface area contributed by atoms with E-state index in [1.807, 2.05) is 0 Å². The Morgan fingerprint density at radius 1 is 1.30 bits per heavy atom. The molecule has 1 rings (SSSR count). The molecule has 0 spiro atoms. The number of benzene rings is 1. The van der Waals surface area contributed by atoms with Gasteiger partial charge in [0.1, 0.15) is 6.04 Å². The molecule has 1 unspecified atom stereocenters. The number of nitrogens with one attached hydrogen (secondary N) is 1. The van der Waals surface area contributed by atoms with Crippen molar-refractivity contribution < 1.29 is 19.5 Å². The van der Waals surface area contributed by atoms with Gasteiger partial charge in [-0.05, 0) is 12.1 Å². The lowest BCUT2D eigenvalue weighted by Gasteiger charge is -2.09. The third kappa shape index (κ3) is 4.90. The molecule has 0 fully saturated rings. The summed E-state index contributed by atoms with van der Waals surface area (Å²) in [6.45, 7) is 0. The van der Waals surface area contributed by atoms with Gasteiger partial charge in [0.2, 0.25) is 5.91 Å². The van der Waals surface area contributed by atoms with E-state index >= 15 is 0 Å². The van der Waals surface area contributed by atoms with Crippen LogP contribution in [-0.4, -0.2) is 40.4 Å². The van der Waals surface area contributed by atoms with Gasteiger partial charge in [-0.25, -0.2) is 0 Å². The van der Waals surface area contributed by atoms with Crippen molar-refractivity contribution in [1.29, 1.82) is 0 Å². The van der Waals surface area contributed by atoms with Crippen LogP contribution in [0.2, 0.25) is 0 Å². The normalized spacial score (nSPS) is 11.7. The number of carboxylic acid groups (broad SMARTS) is 1. The van der Waals surface area contributed by atoms with E-state index in [9.17, 15) is 14.4 Å². The highest BCUT2D eigenvalue weighted by Crippen LogP contribution is 2.14. The second kappa shape index (κ2) is 7.51. The fraction of sp³-hybridized carbons (Fsp3) is 0.250. The van der Waals surface area contributed by atoms with Gasteiger partial charge >= 0.3 is 5.97 Å². The van der Waals surface area contributed by atoms with E-state index < -0.39 is 17.9 Å². The van der Waals surface area contributed by atoms with Crippen LogP contribution < -0.4 is 16.8 Å². The first-order valence-corrected chi connectivity index (χ1v) is 6.82. The molecule has 20 heavy (non-hydrogen) atoms. The highest BCUT2D eigenvalue weighted by Gasteiger charge is 2.13. The second-order valence-corrected chi connectivity index (χ2v) is 4.95. The van der Waals surface area contributed by atoms with E-state index in [1.165, 1.54) is 6.07 Å². The number of hydrogen-bond donors (Lipinski definition) is 4. The van der Waals surface area contributed by atoms with Crippen LogP contribution in [0.4, 0.5) is 5.69 Å². The van der Waals surface area contributed by atoms with Gasteiger partial charge in [-0.3, -0.25) is 14.4 Å². The van der Waals surface area contributed by atoms with E-state index in [0.29, 0.717) is 5.69 Å². The lowest BCUT2D eigenvalue weighted by Crippen LogP contribution is -2.33. The Morgan fingerprint density at radius 2 is 1.95 bits per heavy atom. The molecular formula is C12H15N3O4S. The average Bonchev–Trinajstić information content (AvgIpc) is 2.38. The molecule has 0 aliphatic heterocycles. The van der Waals surface area contributed by atoms with Crippen LogP contribution in [0, 0.1) is 0 Å². The number of carbonyl (C=O) groups is 3. The third-order valence-electron chi connectivity index (χ3n) is 2.31. The monoisotopic (exact) mass is 297 g/mol. The Labute approximate surface area is 119 Å². The molecule has 0 saturated carbocycles. The van der Waals surface area contributed by atoms with Crippen molar-refractivity contribution in [3.8, 4) is 0 Å². The van der Waals surface area contributed by atoms with Crippen molar-refractivity contribution in [2.75, 3.05) is 16.8 Å². The number of carboxylic acids is 1. The number of aliphatic carboxylic acids is 1. The standard InChI is InChI=1S/C12H15N3O4S/c13-8(12(18)19)5-20-6-10(16)15-9-4-2-1-3-7(9)11(14)17/h1-4,8H,5-6,13H2,(H2,14,17)(H,15,16)(H,18,19). The van der Waals surface area contributed by atoms with Crippen LogP contribution in [0.15, 0.2) is 24.3 Å². The summed E-state index contributed by atoms with van der Waals surface area (Å²) >= 11 is 1.10. The van der Waals surface area contributed by atoms with Gasteiger partial charge in [0, 0.05) is 5.75 Å². The van der Waals surface area contributed by atoms with Crippen LogP contribution in [0.1, 0.15) is 10.4 Å². The Kier molecular flexibility index (Phi) is 6.01. The van der Waals surface area contributed by atoms with E-state index in [0.717, 1.165) is 11.8 Å². The summed E-state index contributed by atoms with van der Waals surface area (Å²) in [7, 11) is 0. The summed E-state index contributed by atoms with van der Waals surface area (Å²) in [4.78, 5) is 33.3. The maximum absolute atomic E-state index is 11.7. The van der Waals surface area contributed by atoms with Crippen LogP contribution in [0.5, 0.6) is 0 Å². The summed E-state index contributed by atoms with van der Waals surface area (Å²) in [5.74, 6) is -1.95. The Bertz CT molecular complexity index is 521. The van der Waals surface area contributed by atoms with E-state index in [-0.39, 0.29) is 23.0 Å². The van der Waals surface area contributed by atoms with E-state index in [2.05, 4.69) is 5.32 Å². The van der Waals surface area contributed by atoms with Crippen molar-refractivity contribution in [1.82, 2.24) is 0 Å². The summed E-state index contributed by atoms with van der Waals surface area (Å²) in [6.07, 6.45) is 0. The summed E-state index contributed by atoms with van der Waals surface area (Å²) in [6, 6.07) is 5.36. The van der Waals surface area contributed by atoms with Crippen molar-refractivity contribution in [3.05, 3.63) is 29.8 Å². The second-order valence-electron chi connectivity index (χ2n) is 3.92. The summed E-state index contributed by atoms with van der Waals surface area (Å²) in [5.41, 5.74) is 11.0. The maximum Gasteiger partial charge on any atom is 0.321 e. The number of anilines is 1. The molecule has 1 aromatic carbocycles. The lowest BCUT2D eigenvalue weighted by molar-refractivity contribution is -0.137. The van der Waals surface area contributed by atoms with Crippen LogP contribution in [0.25, 0.3) is 0 Å². The van der Waals surface area contributed by atoms with Gasteiger partial charge in [0.15, 0.2) is 0 Å². The predicted octanol–water partition coefficient (Wildman–Crippen LogP) is -0.131. The highest BCUT2D eigenvalue weighted by atomic mass is 32.2. The van der Waals surface area contributed by atoms with Gasteiger partial charge in [0.25, 0.3) is 5.91 Å². The SMILES string of the molecule is NC(=O)c1ccccc1NC(=O)CSCC(N)C(=O)O. The molecule has 7 nitrogen and oxygen atoms in total. The number of carbonyl (C=O) groups excluding carboxylic acids is 2. The van der Waals surface area contributed by atoms with Crippen molar-refractivity contribution in [2.45, 2.75) is 6.04 Å². The Hall–Kier alpha value is -2.06. The molecule has 0 radical (unpaired) electrons. The fourth-order valence-electron chi connectivity index (χ4n) is 1.34. The van der Waals surface area contributed by atoms with Gasteiger partial charge in [-0.15, -0.1) is 11.8 Å². The van der Waals surface area contributed by atoms with E-state index in [4.69, 9.17) is 16.6 Å². The summed E-state index contributed by atoms with van der Waals surface area (Å²) < 4.78 is 0. The first kappa shape index (κ1) is 16.0. The smallest absolute Gasteiger partial charge is 0.321 e. The number of thioether (sulfide) groups is 1. The minimum absolute atomic E-state index is 0.0358. The lowest BCUT2D eigenvalue weighted by atomic mass is 10.1. The maximum atomic E-state index is 11.7. The highest BCUT2D eigenvalue weighted by molar-refractivity contribution is 8.00. The number of amides is 2. The quantitative estimate of drug-likeness (QED) is 0.553. The molecule has 0 heterocycles. The van der Waals surface area contributed by atoms with Gasteiger partial charge in [-0.1, -0.05) is 12.1 Å². The van der Waals surface area contributed by atoms with Crippen LogP contribution >= 0.6 is 11.8 Å². The molecule has 1 aromatic rings. The molecule has 8 heteroatoms. The van der Waals surface area contributed by atoms with Crippen molar-refractivity contribution >= 4 is 35.2 Å². The van der Waals surface area contributed by atoms with Crippen molar-refractivity contribution in [2.24, 2.45) is 11.5 Å². The summed E-state index contributed by atoms with van der Waals surface area (Å²) in [5, 5.41) is 11.1. The first-order chi connectivity index (χ1) is 9.41. The molecule has 2 amide bonds. The van der Waals surface area contributed by atoms with Gasteiger partial charge in [0.05, 0.1) is 17.0 Å². The Morgan fingerprint density at radius 3 is 2.55 bits per heavy atom. The number of rotatable bonds is 7. The van der Waals surface area contributed by atoms with Crippen LogP contribution in [0.3, 0.4) is 0 Å². The molecule has 0 aromatic heterocycles.